The average molecular weight is 145 g/mol. The predicted molar refractivity (Wildman–Crippen MR) is 43.6 cm³/mol. The second-order valence-electron chi connectivity index (χ2n) is 2.58. The van der Waals surface area contributed by atoms with Gasteiger partial charge in [-0.3, -0.25) is 0 Å². The van der Waals surface area contributed by atoms with Crippen LogP contribution < -0.4 is 4.74 Å². The number of benzene rings is 1. The Morgan fingerprint density at radius 3 is 3.18 bits per heavy atom. The number of hydrogen-bond acceptors (Lipinski definition) is 1. The predicted octanol–water partition coefficient (Wildman–Crippen LogP) is 1.96. The normalized spacial score (nSPS) is 13.2. The van der Waals surface area contributed by atoms with Gasteiger partial charge in [-0.25, -0.2) is 0 Å². The maximum absolute atomic E-state index is 5.09. The summed E-state index contributed by atoms with van der Waals surface area (Å²) in [7, 11) is 1.68. The van der Waals surface area contributed by atoms with E-state index < -0.39 is 0 Å². The van der Waals surface area contributed by atoms with Gasteiger partial charge in [0.15, 0.2) is 0 Å². The zero-order valence-corrected chi connectivity index (χ0v) is 6.42. The van der Waals surface area contributed by atoms with Crippen LogP contribution in [0.5, 0.6) is 5.75 Å². The minimum Gasteiger partial charge on any atom is -0.497 e. The van der Waals surface area contributed by atoms with Crippen LogP contribution in [-0.2, 0) is 6.42 Å². The van der Waals surface area contributed by atoms with Gasteiger partial charge >= 0.3 is 0 Å². The number of methoxy groups -OCH3 is 1. The molecule has 1 nitrogen and oxygen atoms in total. The lowest BCUT2D eigenvalue weighted by Crippen LogP contribution is -1.85. The van der Waals surface area contributed by atoms with Gasteiger partial charge in [0.2, 0.25) is 0 Å². The van der Waals surface area contributed by atoms with E-state index in [1.807, 2.05) is 18.2 Å². The van der Waals surface area contributed by atoms with E-state index in [0.29, 0.717) is 0 Å². The molecular formula is C10H9O. The summed E-state index contributed by atoms with van der Waals surface area (Å²) in [4.78, 5) is 0. The van der Waals surface area contributed by atoms with Crippen molar-refractivity contribution in [3.63, 3.8) is 0 Å². The van der Waals surface area contributed by atoms with Crippen molar-refractivity contribution < 1.29 is 4.74 Å². The summed E-state index contributed by atoms with van der Waals surface area (Å²) in [6.45, 7) is 0. The summed E-state index contributed by atoms with van der Waals surface area (Å²) in [5.74, 6) is 0.909. The standard InChI is InChI=1S/C10H9O/c1-11-10-6-5-8-3-2-4-9(8)7-10/h2,5-7H,3H2,1H3. The molecule has 55 valence electrons. The van der Waals surface area contributed by atoms with Crippen LogP contribution in [0.4, 0.5) is 0 Å². The Labute approximate surface area is 66.3 Å². The number of rotatable bonds is 1. The topological polar surface area (TPSA) is 9.23 Å². The second-order valence-corrected chi connectivity index (χ2v) is 2.58. The third-order valence-corrected chi connectivity index (χ3v) is 1.90. The van der Waals surface area contributed by atoms with Crippen molar-refractivity contribution in [2.45, 2.75) is 6.42 Å². The molecule has 0 aliphatic heterocycles. The highest BCUT2D eigenvalue weighted by Gasteiger charge is 2.05. The van der Waals surface area contributed by atoms with Crippen LogP contribution in [0.1, 0.15) is 11.1 Å². The van der Waals surface area contributed by atoms with Gasteiger partial charge in [-0.15, -0.1) is 0 Å². The molecule has 0 amide bonds. The second kappa shape index (κ2) is 2.42. The Morgan fingerprint density at radius 1 is 1.45 bits per heavy atom. The Bertz CT molecular complexity index is 300. The summed E-state index contributed by atoms with van der Waals surface area (Å²) >= 11 is 0. The van der Waals surface area contributed by atoms with E-state index in [9.17, 15) is 0 Å². The van der Waals surface area contributed by atoms with Gasteiger partial charge in [0.05, 0.1) is 7.11 Å². The molecule has 11 heavy (non-hydrogen) atoms. The smallest absolute Gasteiger partial charge is 0.119 e. The van der Waals surface area contributed by atoms with E-state index in [0.717, 1.165) is 12.2 Å². The van der Waals surface area contributed by atoms with Crippen LogP contribution in [0.15, 0.2) is 24.3 Å². The highest BCUT2D eigenvalue weighted by molar-refractivity contribution is 5.43. The van der Waals surface area contributed by atoms with Crippen molar-refractivity contribution in [1.82, 2.24) is 0 Å². The Hall–Kier alpha value is -1.24. The zero-order valence-electron chi connectivity index (χ0n) is 6.42. The molecule has 1 aromatic rings. The first-order valence-electron chi connectivity index (χ1n) is 3.65. The molecule has 0 spiro atoms. The molecule has 2 rings (SSSR count). The van der Waals surface area contributed by atoms with Gasteiger partial charge in [0.25, 0.3) is 0 Å². The SMILES string of the molecule is COc1ccc2c(c1)[C]=CC2. The molecule has 0 heterocycles. The van der Waals surface area contributed by atoms with Crippen molar-refractivity contribution >= 4 is 0 Å². The minimum atomic E-state index is 0.909. The Balaban J connectivity index is 2.47. The van der Waals surface area contributed by atoms with Gasteiger partial charge < -0.3 is 4.74 Å². The van der Waals surface area contributed by atoms with Crippen molar-refractivity contribution in [3.05, 3.63) is 41.5 Å². The Morgan fingerprint density at radius 2 is 2.36 bits per heavy atom. The summed E-state index contributed by atoms with van der Waals surface area (Å²) in [5.41, 5.74) is 2.51. The molecule has 1 heteroatoms. The van der Waals surface area contributed by atoms with Crippen LogP contribution in [-0.4, -0.2) is 7.11 Å². The molecule has 0 aromatic heterocycles. The molecule has 0 bridgehead atoms. The molecular weight excluding hydrogens is 136 g/mol. The molecule has 0 fully saturated rings. The van der Waals surface area contributed by atoms with Gasteiger partial charge in [-0.05, 0) is 35.8 Å². The van der Waals surface area contributed by atoms with Gasteiger partial charge in [-0.1, -0.05) is 12.1 Å². The summed E-state index contributed by atoms with van der Waals surface area (Å²) in [6, 6.07) is 6.09. The van der Waals surface area contributed by atoms with Gasteiger partial charge in [0, 0.05) is 0 Å². The van der Waals surface area contributed by atoms with E-state index >= 15 is 0 Å². The van der Waals surface area contributed by atoms with Crippen LogP contribution >= 0.6 is 0 Å². The number of hydrogen-bond donors (Lipinski definition) is 0. The molecule has 1 aliphatic carbocycles. The Kier molecular flexibility index (Phi) is 1.42. The van der Waals surface area contributed by atoms with E-state index in [4.69, 9.17) is 4.74 Å². The first kappa shape index (κ1) is 6.47. The largest absolute Gasteiger partial charge is 0.497 e. The van der Waals surface area contributed by atoms with Crippen molar-refractivity contribution in [1.29, 1.82) is 0 Å². The summed E-state index contributed by atoms with van der Waals surface area (Å²) in [6.07, 6.45) is 6.23. The quantitative estimate of drug-likeness (QED) is 0.587. The van der Waals surface area contributed by atoms with Gasteiger partial charge in [-0.2, -0.15) is 0 Å². The number of ether oxygens (including phenoxy) is 1. The molecule has 1 radical (unpaired) electrons. The lowest BCUT2D eigenvalue weighted by atomic mass is 10.1. The fourth-order valence-corrected chi connectivity index (χ4v) is 1.27. The number of fused-ring (bicyclic) bond motifs is 1. The number of allylic oxidation sites excluding steroid dienone is 1. The highest BCUT2D eigenvalue weighted by atomic mass is 16.5. The first-order valence-corrected chi connectivity index (χ1v) is 3.65. The molecule has 0 saturated heterocycles. The third-order valence-electron chi connectivity index (χ3n) is 1.90. The molecule has 1 aromatic carbocycles. The maximum atomic E-state index is 5.09. The van der Waals surface area contributed by atoms with E-state index in [-0.39, 0.29) is 0 Å². The lowest BCUT2D eigenvalue weighted by Gasteiger charge is -2.01. The van der Waals surface area contributed by atoms with Crippen molar-refractivity contribution in [2.24, 2.45) is 0 Å². The van der Waals surface area contributed by atoms with Crippen LogP contribution in [0.25, 0.3) is 0 Å². The van der Waals surface area contributed by atoms with Gasteiger partial charge in [0.1, 0.15) is 5.75 Å². The molecule has 0 saturated carbocycles. The fourth-order valence-electron chi connectivity index (χ4n) is 1.27. The summed E-state index contributed by atoms with van der Waals surface area (Å²) in [5, 5.41) is 0. The monoisotopic (exact) mass is 145 g/mol. The highest BCUT2D eigenvalue weighted by Crippen LogP contribution is 2.22. The van der Waals surface area contributed by atoms with E-state index in [2.05, 4.69) is 12.1 Å². The molecule has 0 N–H and O–H groups in total. The molecule has 0 atom stereocenters. The zero-order chi connectivity index (χ0) is 7.68. The van der Waals surface area contributed by atoms with Crippen LogP contribution in [0, 0.1) is 6.08 Å². The van der Waals surface area contributed by atoms with Crippen LogP contribution in [0.3, 0.4) is 0 Å². The fraction of sp³-hybridized carbons (Fsp3) is 0.200. The third kappa shape index (κ3) is 1.03. The van der Waals surface area contributed by atoms with E-state index in [1.54, 1.807) is 7.11 Å². The first-order chi connectivity index (χ1) is 5.40. The lowest BCUT2D eigenvalue weighted by molar-refractivity contribution is 0.414. The summed E-state index contributed by atoms with van der Waals surface area (Å²) < 4.78 is 5.09. The van der Waals surface area contributed by atoms with E-state index in [1.165, 1.54) is 11.1 Å². The average Bonchev–Trinajstić information content (AvgIpc) is 2.50. The van der Waals surface area contributed by atoms with Crippen molar-refractivity contribution in [3.8, 4) is 5.75 Å². The molecule has 0 unspecified atom stereocenters. The molecule has 1 aliphatic rings. The maximum Gasteiger partial charge on any atom is 0.119 e. The van der Waals surface area contributed by atoms with Crippen LogP contribution in [0.2, 0.25) is 0 Å². The minimum absolute atomic E-state index is 0.909. The van der Waals surface area contributed by atoms with Crippen molar-refractivity contribution in [2.75, 3.05) is 7.11 Å².